The van der Waals surface area contributed by atoms with Crippen molar-refractivity contribution < 1.29 is 31.5 Å². The summed E-state index contributed by atoms with van der Waals surface area (Å²) >= 11 is 0. The number of alkyl halides is 3. The van der Waals surface area contributed by atoms with Crippen molar-refractivity contribution in [3.05, 3.63) is 0 Å². The third kappa shape index (κ3) is 5.63. The Morgan fingerprint density at radius 3 is 2.50 bits per heavy atom. The van der Waals surface area contributed by atoms with E-state index in [0.717, 1.165) is 4.90 Å². The Bertz CT molecular complexity index is 438. The highest BCUT2D eigenvalue weighted by Crippen LogP contribution is 2.18. The molecule has 0 aliphatic carbocycles. The maximum atomic E-state index is 12.0. The van der Waals surface area contributed by atoms with Crippen LogP contribution in [0.1, 0.15) is 6.42 Å². The number of carbonyl (C=O) groups is 1. The summed E-state index contributed by atoms with van der Waals surface area (Å²) in [5.74, 6) is -0.911. The van der Waals surface area contributed by atoms with Gasteiger partial charge in [0.25, 0.3) is 0 Å². The summed E-state index contributed by atoms with van der Waals surface area (Å²) in [6.45, 7) is -2.31. The molecule has 10 heteroatoms. The van der Waals surface area contributed by atoms with Crippen LogP contribution in [-0.4, -0.2) is 74.3 Å². The molecule has 1 amide bonds. The Morgan fingerprint density at radius 2 is 2.05 bits per heavy atom. The monoisotopic (exact) mass is 318 g/mol. The standard InChI is InChI=1S/C10H17F3N2O4S/c11-10(12,13)7-14-5-9(17)15(2-3-16)8-1-4-20(18,19)6-8/h8,14,16H,1-7H2. The van der Waals surface area contributed by atoms with E-state index < -0.39 is 41.1 Å². The predicted octanol–water partition coefficient (Wildman–Crippen LogP) is -0.854. The fourth-order valence-electron chi connectivity index (χ4n) is 2.05. The SMILES string of the molecule is O=C(CNCC(F)(F)F)N(CCO)C1CCS(=O)(=O)C1. The molecule has 1 unspecified atom stereocenters. The molecule has 1 aliphatic heterocycles. The molecular formula is C10H17F3N2O4S. The lowest BCUT2D eigenvalue weighted by molar-refractivity contribution is -0.136. The highest BCUT2D eigenvalue weighted by Gasteiger charge is 2.34. The average molecular weight is 318 g/mol. The Morgan fingerprint density at radius 1 is 1.40 bits per heavy atom. The van der Waals surface area contributed by atoms with Gasteiger partial charge in [-0.2, -0.15) is 13.2 Å². The second kappa shape index (κ2) is 6.72. The highest BCUT2D eigenvalue weighted by molar-refractivity contribution is 7.91. The second-order valence-electron chi connectivity index (χ2n) is 4.59. The Hall–Kier alpha value is -0.870. The maximum Gasteiger partial charge on any atom is 0.401 e. The van der Waals surface area contributed by atoms with Crippen molar-refractivity contribution >= 4 is 15.7 Å². The summed E-state index contributed by atoms with van der Waals surface area (Å²) in [6, 6.07) is -0.577. The highest BCUT2D eigenvalue weighted by atomic mass is 32.2. The number of sulfone groups is 1. The van der Waals surface area contributed by atoms with E-state index in [1.807, 2.05) is 5.32 Å². The van der Waals surface area contributed by atoms with Gasteiger partial charge < -0.3 is 15.3 Å². The molecule has 0 aromatic rings. The first-order chi connectivity index (χ1) is 9.14. The van der Waals surface area contributed by atoms with Crippen LogP contribution in [0.3, 0.4) is 0 Å². The van der Waals surface area contributed by atoms with Crippen LogP contribution in [-0.2, 0) is 14.6 Å². The molecule has 0 spiro atoms. The fraction of sp³-hybridized carbons (Fsp3) is 0.900. The largest absolute Gasteiger partial charge is 0.401 e. The van der Waals surface area contributed by atoms with Gasteiger partial charge in [-0.05, 0) is 6.42 Å². The number of amides is 1. The minimum absolute atomic E-state index is 0.0527. The number of nitrogens with one attached hydrogen (secondary N) is 1. The summed E-state index contributed by atoms with van der Waals surface area (Å²) < 4.78 is 58.6. The summed E-state index contributed by atoms with van der Waals surface area (Å²) in [4.78, 5) is 12.9. The number of hydrogen-bond acceptors (Lipinski definition) is 5. The van der Waals surface area contributed by atoms with Gasteiger partial charge in [0.1, 0.15) is 0 Å². The van der Waals surface area contributed by atoms with Gasteiger partial charge in [-0.15, -0.1) is 0 Å². The first kappa shape index (κ1) is 17.2. The number of carbonyl (C=O) groups excluding carboxylic acids is 1. The summed E-state index contributed by atoms with van der Waals surface area (Å²) in [5, 5.41) is 10.8. The minimum atomic E-state index is -4.42. The molecule has 0 saturated carbocycles. The molecule has 1 atom stereocenters. The lowest BCUT2D eigenvalue weighted by atomic mass is 10.2. The lowest BCUT2D eigenvalue weighted by Crippen LogP contribution is -2.47. The van der Waals surface area contributed by atoms with Gasteiger partial charge in [0, 0.05) is 12.6 Å². The zero-order valence-corrected chi connectivity index (χ0v) is 11.5. The van der Waals surface area contributed by atoms with E-state index >= 15 is 0 Å². The molecule has 1 rings (SSSR count). The molecule has 1 saturated heterocycles. The van der Waals surface area contributed by atoms with Crippen LogP contribution in [0.15, 0.2) is 0 Å². The van der Waals surface area contributed by atoms with Gasteiger partial charge in [0.2, 0.25) is 5.91 Å². The van der Waals surface area contributed by atoms with Gasteiger partial charge in [-0.25, -0.2) is 8.42 Å². The molecule has 0 aromatic heterocycles. The smallest absolute Gasteiger partial charge is 0.395 e. The van der Waals surface area contributed by atoms with E-state index in [-0.39, 0.29) is 31.1 Å². The molecule has 1 heterocycles. The van der Waals surface area contributed by atoms with E-state index in [1.54, 1.807) is 0 Å². The van der Waals surface area contributed by atoms with Crippen LogP contribution < -0.4 is 5.32 Å². The van der Waals surface area contributed by atoms with Crippen LogP contribution in [0.25, 0.3) is 0 Å². The Labute approximate surface area is 114 Å². The number of hydrogen-bond donors (Lipinski definition) is 2. The first-order valence-electron chi connectivity index (χ1n) is 6.03. The minimum Gasteiger partial charge on any atom is -0.395 e. The number of rotatable bonds is 6. The molecule has 0 aromatic carbocycles. The van der Waals surface area contributed by atoms with Crippen molar-refractivity contribution in [3.63, 3.8) is 0 Å². The number of halogens is 3. The van der Waals surface area contributed by atoms with Crippen LogP contribution in [0.4, 0.5) is 13.2 Å². The van der Waals surface area contributed by atoms with Crippen LogP contribution in [0.5, 0.6) is 0 Å². The van der Waals surface area contributed by atoms with Crippen LogP contribution in [0.2, 0.25) is 0 Å². The first-order valence-corrected chi connectivity index (χ1v) is 7.85. The van der Waals surface area contributed by atoms with E-state index in [0.29, 0.717) is 0 Å². The Balaban J connectivity index is 2.55. The van der Waals surface area contributed by atoms with Crippen LogP contribution >= 0.6 is 0 Å². The maximum absolute atomic E-state index is 12.0. The normalized spacial score (nSPS) is 21.9. The number of nitrogens with zero attached hydrogens (tertiary/aromatic N) is 1. The topological polar surface area (TPSA) is 86.7 Å². The molecule has 20 heavy (non-hydrogen) atoms. The van der Waals surface area contributed by atoms with Crippen molar-refractivity contribution in [2.45, 2.75) is 18.6 Å². The molecule has 6 nitrogen and oxygen atoms in total. The third-order valence-corrected chi connectivity index (χ3v) is 4.66. The van der Waals surface area contributed by atoms with Gasteiger partial charge in [0.05, 0.1) is 31.2 Å². The molecule has 0 bridgehead atoms. The zero-order valence-electron chi connectivity index (χ0n) is 10.7. The van der Waals surface area contributed by atoms with E-state index in [1.165, 1.54) is 0 Å². The molecule has 0 radical (unpaired) electrons. The number of aliphatic hydroxyl groups excluding tert-OH is 1. The zero-order chi connectivity index (χ0) is 15.4. The summed E-state index contributed by atoms with van der Waals surface area (Å²) in [5.41, 5.74) is 0. The summed E-state index contributed by atoms with van der Waals surface area (Å²) in [6.07, 6.45) is -4.17. The van der Waals surface area contributed by atoms with Gasteiger partial charge in [-0.1, -0.05) is 0 Å². The van der Waals surface area contributed by atoms with Crippen LogP contribution in [0, 0.1) is 0 Å². The van der Waals surface area contributed by atoms with Gasteiger partial charge in [-0.3, -0.25) is 4.79 Å². The van der Waals surface area contributed by atoms with E-state index in [2.05, 4.69) is 0 Å². The molecule has 1 fully saturated rings. The number of aliphatic hydroxyl groups is 1. The second-order valence-corrected chi connectivity index (χ2v) is 6.82. The van der Waals surface area contributed by atoms with Crippen molar-refractivity contribution in [1.82, 2.24) is 10.2 Å². The van der Waals surface area contributed by atoms with Gasteiger partial charge in [0.15, 0.2) is 9.84 Å². The third-order valence-electron chi connectivity index (χ3n) is 2.91. The van der Waals surface area contributed by atoms with E-state index in [4.69, 9.17) is 5.11 Å². The fourth-order valence-corrected chi connectivity index (χ4v) is 3.78. The quantitative estimate of drug-likeness (QED) is 0.666. The summed E-state index contributed by atoms with van der Waals surface area (Å²) in [7, 11) is -3.21. The molecular weight excluding hydrogens is 301 g/mol. The van der Waals surface area contributed by atoms with Crippen molar-refractivity contribution in [2.24, 2.45) is 0 Å². The molecule has 1 aliphatic rings. The lowest BCUT2D eigenvalue weighted by Gasteiger charge is -2.27. The van der Waals surface area contributed by atoms with Crippen molar-refractivity contribution in [2.75, 3.05) is 37.7 Å². The molecule has 2 N–H and O–H groups in total. The molecule has 118 valence electrons. The predicted molar refractivity (Wildman–Crippen MR) is 64.8 cm³/mol. The van der Waals surface area contributed by atoms with E-state index in [9.17, 15) is 26.4 Å². The van der Waals surface area contributed by atoms with Crippen molar-refractivity contribution in [1.29, 1.82) is 0 Å². The average Bonchev–Trinajstić information content (AvgIpc) is 2.64. The van der Waals surface area contributed by atoms with Crippen molar-refractivity contribution in [3.8, 4) is 0 Å². The van der Waals surface area contributed by atoms with Gasteiger partial charge >= 0.3 is 6.18 Å². The Kier molecular flexibility index (Phi) is 5.78.